The number of fused-ring (bicyclic) bond motifs is 1. The van der Waals surface area contributed by atoms with E-state index in [4.69, 9.17) is 0 Å². The molecular weight excluding hydrogens is 284 g/mol. The van der Waals surface area contributed by atoms with Gasteiger partial charge in [0.1, 0.15) is 5.82 Å². The molecule has 0 spiro atoms. The van der Waals surface area contributed by atoms with E-state index in [0.717, 1.165) is 28.0 Å². The van der Waals surface area contributed by atoms with Gasteiger partial charge in [-0.2, -0.15) is 4.98 Å². The molecule has 0 aliphatic carbocycles. The number of rotatable bonds is 5. The molecule has 0 bridgehead atoms. The topological polar surface area (TPSA) is 49.8 Å². The fourth-order valence-electron chi connectivity index (χ4n) is 2.43. The summed E-state index contributed by atoms with van der Waals surface area (Å²) < 4.78 is 0. The highest BCUT2D eigenvalue weighted by Crippen LogP contribution is 2.25. The van der Waals surface area contributed by atoms with E-state index in [2.05, 4.69) is 59.2 Å². The number of nitrogens with zero attached hydrogens (tertiary/aromatic N) is 2. The summed E-state index contributed by atoms with van der Waals surface area (Å²) in [6.07, 6.45) is 1.81. The van der Waals surface area contributed by atoms with Crippen LogP contribution in [0.1, 0.15) is 11.1 Å². The molecule has 0 unspecified atom stereocenters. The van der Waals surface area contributed by atoms with Crippen LogP contribution in [0.25, 0.3) is 10.9 Å². The maximum absolute atomic E-state index is 4.62. The molecule has 1 aromatic heterocycles. The van der Waals surface area contributed by atoms with Gasteiger partial charge in [-0.25, -0.2) is 4.98 Å². The average Bonchev–Trinajstić information content (AvgIpc) is 2.56. The second-order valence-electron chi connectivity index (χ2n) is 5.53. The fraction of sp³-hybridized carbons (Fsp3) is 0.158. The van der Waals surface area contributed by atoms with Gasteiger partial charge in [0, 0.05) is 17.6 Å². The average molecular weight is 304 g/mol. The minimum atomic E-state index is 0.587. The number of anilines is 3. The van der Waals surface area contributed by atoms with Crippen molar-refractivity contribution in [1.82, 2.24) is 9.97 Å². The second kappa shape index (κ2) is 6.48. The van der Waals surface area contributed by atoms with Gasteiger partial charge in [-0.3, -0.25) is 0 Å². The molecule has 0 fully saturated rings. The number of aromatic nitrogens is 2. The molecule has 3 aromatic rings. The molecule has 0 amide bonds. The van der Waals surface area contributed by atoms with Crippen molar-refractivity contribution in [2.75, 3.05) is 17.2 Å². The standard InChI is InChI=1S/C19H20N4/c1-4-11-20-18-15-7-5-6-8-16(15)21-19(23-18)22-17-12-13(2)9-10-14(17)3/h4-10,12H,1,11H2,2-3H3,(H2,20,21,22,23). The summed E-state index contributed by atoms with van der Waals surface area (Å²) >= 11 is 0. The summed E-state index contributed by atoms with van der Waals surface area (Å²) in [4.78, 5) is 9.25. The van der Waals surface area contributed by atoms with E-state index in [1.807, 2.05) is 30.3 Å². The van der Waals surface area contributed by atoms with Crippen molar-refractivity contribution in [3.63, 3.8) is 0 Å². The number of benzene rings is 2. The summed E-state index contributed by atoms with van der Waals surface area (Å²) in [7, 11) is 0. The molecule has 0 radical (unpaired) electrons. The quantitative estimate of drug-likeness (QED) is 0.677. The maximum Gasteiger partial charge on any atom is 0.229 e. The van der Waals surface area contributed by atoms with Gasteiger partial charge in [0.25, 0.3) is 0 Å². The zero-order valence-electron chi connectivity index (χ0n) is 13.4. The zero-order valence-corrected chi connectivity index (χ0v) is 13.4. The van der Waals surface area contributed by atoms with Crippen LogP contribution in [0.3, 0.4) is 0 Å². The first-order valence-corrected chi connectivity index (χ1v) is 7.63. The summed E-state index contributed by atoms with van der Waals surface area (Å²) in [6.45, 7) is 8.54. The number of aryl methyl sites for hydroxylation is 2. The van der Waals surface area contributed by atoms with Crippen molar-refractivity contribution in [1.29, 1.82) is 0 Å². The van der Waals surface area contributed by atoms with Crippen LogP contribution in [0.2, 0.25) is 0 Å². The van der Waals surface area contributed by atoms with E-state index in [-0.39, 0.29) is 0 Å². The van der Waals surface area contributed by atoms with Crippen LogP contribution >= 0.6 is 0 Å². The molecular formula is C19H20N4. The molecule has 1 heterocycles. The SMILES string of the molecule is C=CCNc1nc(Nc2cc(C)ccc2C)nc2ccccc12. The Morgan fingerprint density at radius 3 is 2.74 bits per heavy atom. The molecule has 2 aromatic carbocycles. The van der Waals surface area contributed by atoms with Crippen molar-refractivity contribution in [2.45, 2.75) is 13.8 Å². The van der Waals surface area contributed by atoms with Gasteiger partial charge in [0.05, 0.1) is 5.52 Å². The summed E-state index contributed by atoms with van der Waals surface area (Å²) in [5, 5.41) is 7.62. The second-order valence-corrected chi connectivity index (χ2v) is 5.53. The van der Waals surface area contributed by atoms with Crippen LogP contribution in [0.15, 0.2) is 55.1 Å². The maximum atomic E-state index is 4.62. The first-order valence-electron chi connectivity index (χ1n) is 7.63. The van der Waals surface area contributed by atoms with Gasteiger partial charge in [0.15, 0.2) is 0 Å². The lowest BCUT2D eigenvalue weighted by atomic mass is 10.1. The highest BCUT2D eigenvalue weighted by atomic mass is 15.1. The van der Waals surface area contributed by atoms with Gasteiger partial charge >= 0.3 is 0 Å². The van der Waals surface area contributed by atoms with Crippen LogP contribution in [0.4, 0.5) is 17.5 Å². The Kier molecular flexibility index (Phi) is 4.24. The number of hydrogen-bond acceptors (Lipinski definition) is 4. The van der Waals surface area contributed by atoms with E-state index in [1.165, 1.54) is 5.56 Å². The molecule has 0 saturated heterocycles. The van der Waals surface area contributed by atoms with Crippen LogP contribution in [-0.4, -0.2) is 16.5 Å². The third kappa shape index (κ3) is 3.31. The van der Waals surface area contributed by atoms with Crippen molar-refractivity contribution in [3.05, 3.63) is 66.2 Å². The predicted octanol–water partition coefficient (Wildman–Crippen LogP) is 4.59. The molecule has 0 aliphatic heterocycles. The molecule has 3 rings (SSSR count). The molecule has 0 saturated carbocycles. The van der Waals surface area contributed by atoms with Crippen LogP contribution in [-0.2, 0) is 0 Å². The van der Waals surface area contributed by atoms with Gasteiger partial charge in [-0.15, -0.1) is 6.58 Å². The largest absolute Gasteiger partial charge is 0.366 e. The molecule has 116 valence electrons. The third-order valence-corrected chi connectivity index (χ3v) is 3.66. The lowest BCUT2D eigenvalue weighted by molar-refractivity contribution is 1.17. The Morgan fingerprint density at radius 1 is 1.09 bits per heavy atom. The molecule has 0 aliphatic rings. The van der Waals surface area contributed by atoms with Crippen LogP contribution in [0.5, 0.6) is 0 Å². The van der Waals surface area contributed by atoms with Gasteiger partial charge in [-0.1, -0.05) is 30.3 Å². The van der Waals surface area contributed by atoms with Crippen LogP contribution in [0, 0.1) is 13.8 Å². The van der Waals surface area contributed by atoms with E-state index in [1.54, 1.807) is 0 Å². The molecule has 4 heteroatoms. The monoisotopic (exact) mass is 304 g/mol. The van der Waals surface area contributed by atoms with Crippen LogP contribution < -0.4 is 10.6 Å². The van der Waals surface area contributed by atoms with E-state index < -0.39 is 0 Å². The minimum Gasteiger partial charge on any atom is -0.366 e. The predicted molar refractivity (Wildman–Crippen MR) is 97.4 cm³/mol. The lowest BCUT2D eigenvalue weighted by Crippen LogP contribution is -2.06. The van der Waals surface area contributed by atoms with Crippen molar-refractivity contribution >= 4 is 28.4 Å². The Hall–Kier alpha value is -2.88. The molecule has 0 atom stereocenters. The van der Waals surface area contributed by atoms with Crippen molar-refractivity contribution in [3.8, 4) is 0 Å². The summed E-state index contributed by atoms with van der Waals surface area (Å²) in [6, 6.07) is 14.3. The van der Waals surface area contributed by atoms with Gasteiger partial charge in [-0.05, 0) is 43.2 Å². The first-order chi connectivity index (χ1) is 11.2. The first kappa shape index (κ1) is 15.0. The number of nitrogens with one attached hydrogen (secondary N) is 2. The Labute approximate surface area is 136 Å². The third-order valence-electron chi connectivity index (χ3n) is 3.66. The van der Waals surface area contributed by atoms with Gasteiger partial charge < -0.3 is 10.6 Å². The van der Waals surface area contributed by atoms with E-state index in [0.29, 0.717) is 12.5 Å². The zero-order chi connectivity index (χ0) is 16.2. The highest BCUT2D eigenvalue weighted by Gasteiger charge is 2.08. The number of hydrogen-bond donors (Lipinski definition) is 2. The minimum absolute atomic E-state index is 0.587. The summed E-state index contributed by atoms with van der Waals surface area (Å²) in [5.74, 6) is 1.40. The van der Waals surface area contributed by atoms with Crippen molar-refractivity contribution < 1.29 is 0 Å². The normalized spacial score (nSPS) is 10.5. The molecule has 2 N–H and O–H groups in total. The Bertz CT molecular complexity index is 855. The summed E-state index contributed by atoms with van der Waals surface area (Å²) in [5.41, 5.74) is 4.29. The van der Waals surface area contributed by atoms with Crippen molar-refractivity contribution in [2.24, 2.45) is 0 Å². The van der Waals surface area contributed by atoms with E-state index in [9.17, 15) is 0 Å². The molecule has 4 nitrogen and oxygen atoms in total. The lowest BCUT2D eigenvalue weighted by Gasteiger charge is -2.12. The highest BCUT2D eigenvalue weighted by molar-refractivity contribution is 5.90. The smallest absolute Gasteiger partial charge is 0.229 e. The Balaban J connectivity index is 2.03. The number of para-hydroxylation sites is 1. The van der Waals surface area contributed by atoms with Gasteiger partial charge in [0.2, 0.25) is 5.95 Å². The molecule has 23 heavy (non-hydrogen) atoms. The van der Waals surface area contributed by atoms with E-state index >= 15 is 0 Å². The Morgan fingerprint density at radius 2 is 1.91 bits per heavy atom. The fourth-order valence-corrected chi connectivity index (χ4v) is 2.43.